The first-order valence-electron chi connectivity index (χ1n) is 7.81. The Hall–Kier alpha value is -2.33. The molecule has 114 valence electrons. The summed E-state index contributed by atoms with van der Waals surface area (Å²) >= 11 is 1.68. The van der Waals surface area contributed by atoms with Gasteiger partial charge < -0.3 is 5.32 Å². The van der Waals surface area contributed by atoms with E-state index in [1.807, 2.05) is 0 Å². The lowest BCUT2D eigenvalue weighted by Gasteiger charge is -2.19. The molecule has 0 fully saturated rings. The van der Waals surface area contributed by atoms with E-state index in [-0.39, 0.29) is 0 Å². The van der Waals surface area contributed by atoms with Crippen LogP contribution < -0.4 is 5.32 Å². The molecule has 0 aliphatic carbocycles. The highest BCUT2D eigenvalue weighted by atomic mass is 32.2. The van der Waals surface area contributed by atoms with E-state index in [2.05, 4.69) is 63.8 Å². The van der Waals surface area contributed by atoms with Crippen molar-refractivity contribution in [3.05, 3.63) is 72.1 Å². The minimum absolute atomic E-state index is 0.853. The first kappa shape index (κ1) is 14.3. The zero-order valence-electron chi connectivity index (χ0n) is 12.7. The predicted molar refractivity (Wildman–Crippen MR) is 94.3 cm³/mol. The van der Waals surface area contributed by atoms with E-state index in [1.165, 1.54) is 16.0 Å². The van der Waals surface area contributed by atoms with Gasteiger partial charge in [0.25, 0.3) is 0 Å². The second kappa shape index (κ2) is 6.42. The van der Waals surface area contributed by atoms with Crippen LogP contribution in [0.4, 0.5) is 11.5 Å². The van der Waals surface area contributed by atoms with Gasteiger partial charge in [0.05, 0.1) is 5.69 Å². The van der Waals surface area contributed by atoms with Gasteiger partial charge in [0, 0.05) is 17.3 Å². The molecule has 2 heterocycles. The third-order valence-electron chi connectivity index (χ3n) is 3.94. The zero-order chi connectivity index (χ0) is 15.5. The smallest absolute Gasteiger partial charge is 0.163 e. The summed E-state index contributed by atoms with van der Waals surface area (Å²) < 4.78 is 0. The fourth-order valence-electron chi connectivity index (χ4n) is 2.78. The average Bonchev–Trinajstić information content (AvgIpc) is 2.61. The lowest BCUT2D eigenvalue weighted by atomic mass is 10.0. The molecule has 1 aliphatic heterocycles. The number of fused-ring (bicyclic) bond motifs is 2. The Bertz CT molecular complexity index is 818. The molecule has 0 bridgehead atoms. The molecule has 0 amide bonds. The fourth-order valence-corrected chi connectivity index (χ4v) is 3.66. The summed E-state index contributed by atoms with van der Waals surface area (Å²) in [6.07, 6.45) is 6.82. The molecule has 0 radical (unpaired) electrons. The van der Waals surface area contributed by atoms with Crippen LogP contribution in [0.15, 0.2) is 70.8 Å². The molecule has 0 saturated carbocycles. The van der Waals surface area contributed by atoms with E-state index < -0.39 is 0 Å². The Morgan fingerprint density at radius 1 is 0.870 bits per heavy atom. The largest absolute Gasteiger partial charge is 0.337 e. The number of aromatic nitrogens is 2. The minimum Gasteiger partial charge on any atom is -0.337 e. The lowest BCUT2D eigenvalue weighted by Crippen LogP contribution is -2.04. The second-order valence-corrected chi connectivity index (χ2v) is 6.64. The third kappa shape index (κ3) is 3.22. The van der Waals surface area contributed by atoms with Crippen LogP contribution in [0.1, 0.15) is 17.5 Å². The van der Waals surface area contributed by atoms with Crippen LogP contribution in [0.3, 0.4) is 0 Å². The van der Waals surface area contributed by atoms with E-state index in [9.17, 15) is 0 Å². The summed E-state index contributed by atoms with van der Waals surface area (Å²) in [4.78, 5) is 9.93. The maximum absolute atomic E-state index is 4.36. The molecule has 0 atom stereocenters. The summed E-state index contributed by atoms with van der Waals surface area (Å²) in [5.41, 5.74) is 3.91. The van der Waals surface area contributed by atoms with Gasteiger partial charge in [-0.05, 0) is 42.5 Å². The molecule has 1 aliphatic rings. The van der Waals surface area contributed by atoms with Gasteiger partial charge in [-0.1, -0.05) is 48.2 Å². The maximum Gasteiger partial charge on any atom is 0.163 e. The monoisotopic (exact) mass is 319 g/mol. The molecule has 0 unspecified atom stereocenters. The molecule has 0 saturated heterocycles. The van der Waals surface area contributed by atoms with Crippen LogP contribution in [-0.2, 0) is 12.8 Å². The maximum atomic E-state index is 4.36. The van der Waals surface area contributed by atoms with Gasteiger partial charge in [0.2, 0.25) is 0 Å². The molecule has 3 nitrogen and oxygen atoms in total. The Kier molecular flexibility index (Phi) is 3.99. The summed E-state index contributed by atoms with van der Waals surface area (Å²) in [5, 5.41) is 4.34. The van der Waals surface area contributed by atoms with Crippen LogP contribution in [-0.4, -0.2) is 9.97 Å². The number of hydrogen-bond donors (Lipinski definition) is 1. The molecule has 3 aromatic rings. The van der Waals surface area contributed by atoms with E-state index in [0.29, 0.717) is 0 Å². The molecular formula is C19H17N3S. The Morgan fingerprint density at radius 3 is 2.61 bits per heavy atom. The van der Waals surface area contributed by atoms with Crippen molar-refractivity contribution >= 4 is 23.3 Å². The molecule has 0 spiro atoms. The van der Waals surface area contributed by atoms with Crippen LogP contribution >= 0.6 is 11.8 Å². The van der Waals surface area contributed by atoms with Gasteiger partial charge in [-0.25, -0.2) is 9.97 Å². The highest BCUT2D eigenvalue weighted by Gasteiger charge is 2.17. The molecule has 2 aromatic carbocycles. The summed E-state index contributed by atoms with van der Waals surface area (Å²) in [6.45, 7) is 0. The second-order valence-electron chi connectivity index (χ2n) is 5.61. The van der Waals surface area contributed by atoms with E-state index in [1.54, 1.807) is 24.2 Å². The highest BCUT2D eigenvalue weighted by molar-refractivity contribution is 7.99. The number of benzene rings is 2. The number of nitrogens with zero attached hydrogens (tertiary/aromatic N) is 2. The van der Waals surface area contributed by atoms with Crippen LogP contribution in [0.5, 0.6) is 0 Å². The molecule has 23 heavy (non-hydrogen) atoms. The van der Waals surface area contributed by atoms with Gasteiger partial charge >= 0.3 is 0 Å². The van der Waals surface area contributed by atoms with Crippen molar-refractivity contribution in [1.82, 2.24) is 9.97 Å². The number of nitrogens with one attached hydrogen (secondary N) is 1. The lowest BCUT2D eigenvalue weighted by molar-refractivity contribution is 0.820. The quantitative estimate of drug-likeness (QED) is 0.583. The van der Waals surface area contributed by atoms with Crippen molar-refractivity contribution in [3.8, 4) is 0 Å². The van der Waals surface area contributed by atoms with E-state index in [4.69, 9.17) is 0 Å². The van der Waals surface area contributed by atoms with Crippen LogP contribution in [0, 0.1) is 0 Å². The Morgan fingerprint density at radius 2 is 1.70 bits per heavy atom. The molecule has 4 rings (SSSR count). The minimum atomic E-state index is 0.853. The van der Waals surface area contributed by atoms with Gasteiger partial charge in [-0.2, -0.15) is 0 Å². The van der Waals surface area contributed by atoms with Crippen molar-refractivity contribution in [2.45, 2.75) is 29.2 Å². The van der Waals surface area contributed by atoms with Crippen molar-refractivity contribution in [1.29, 1.82) is 0 Å². The zero-order valence-corrected chi connectivity index (χ0v) is 13.5. The average molecular weight is 319 g/mol. The molecule has 1 N–H and O–H groups in total. The van der Waals surface area contributed by atoms with Crippen molar-refractivity contribution < 1.29 is 0 Å². The third-order valence-corrected chi connectivity index (χ3v) is 5.01. The number of anilines is 2. The highest BCUT2D eigenvalue weighted by Crippen LogP contribution is 2.42. The van der Waals surface area contributed by atoms with E-state index in [0.717, 1.165) is 35.8 Å². The molecule has 4 heteroatoms. The standard InChI is InChI=1S/C19H17N3S/c1-2-5-14(6-3-1)7-4-8-15-9-10-17-16(13-15)22-18-19(23-17)21-12-11-20-18/h1-3,5-6,9-13H,4,7-8H2,(H,20,22). The number of hydrogen-bond acceptors (Lipinski definition) is 4. The SMILES string of the molecule is c1ccc(CCCc2ccc3c(c2)Nc2nccnc2S3)cc1. The Labute approximate surface area is 140 Å². The van der Waals surface area contributed by atoms with Crippen molar-refractivity contribution in [2.24, 2.45) is 0 Å². The summed E-state index contributed by atoms with van der Waals surface area (Å²) in [5.74, 6) is 0.853. The summed E-state index contributed by atoms with van der Waals surface area (Å²) in [7, 11) is 0. The van der Waals surface area contributed by atoms with Crippen molar-refractivity contribution in [3.63, 3.8) is 0 Å². The first-order chi connectivity index (χ1) is 11.4. The van der Waals surface area contributed by atoms with Gasteiger partial charge in [-0.15, -0.1) is 0 Å². The summed E-state index contributed by atoms with van der Waals surface area (Å²) in [6, 6.07) is 17.3. The topological polar surface area (TPSA) is 37.8 Å². The Balaban J connectivity index is 1.44. The predicted octanol–water partition coefficient (Wildman–Crippen LogP) is 4.86. The molecular weight excluding hydrogens is 302 g/mol. The fraction of sp³-hybridized carbons (Fsp3) is 0.158. The van der Waals surface area contributed by atoms with Crippen molar-refractivity contribution in [2.75, 3.05) is 5.32 Å². The van der Waals surface area contributed by atoms with Gasteiger partial charge in [-0.3, -0.25) is 0 Å². The first-order valence-corrected chi connectivity index (χ1v) is 8.63. The number of aryl methyl sites for hydroxylation is 2. The van der Waals surface area contributed by atoms with Crippen LogP contribution in [0.2, 0.25) is 0 Å². The van der Waals surface area contributed by atoms with Gasteiger partial charge in [0.1, 0.15) is 5.03 Å². The normalized spacial score (nSPS) is 12.2. The number of rotatable bonds is 4. The molecule has 1 aromatic heterocycles. The van der Waals surface area contributed by atoms with Gasteiger partial charge in [0.15, 0.2) is 5.82 Å². The van der Waals surface area contributed by atoms with E-state index >= 15 is 0 Å². The van der Waals surface area contributed by atoms with Crippen LogP contribution in [0.25, 0.3) is 0 Å².